The van der Waals surface area contributed by atoms with Gasteiger partial charge < -0.3 is 20.5 Å². The first-order valence-electron chi connectivity index (χ1n) is 6.51. The lowest BCUT2D eigenvalue weighted by atomic mass is 10.2. The number of carbonyl (C=O) groups excluding carboxylic acids is 1. The number of esters is 1. The van der Waals surface area contributed by atoms with Crippen molar-refractivity contribution < 1.29 is 14.6 Å². The first-order chi connectivity index (χ1) is 10.2. The van der Waals surface area contributed by atoms with Crippen molar-refractivity contribution in [3.05, 3.63) is 41.5 Å². The minimum Gasteiger partial charge on any atom is -0.462 e. The number of halogens is 1. The van der Waals surface area contributed by atoms with Crippen molar-refractivity contribution in [1.29, 1.82) is 5.26 Å². The highest BCUT2D eigenvalue weighted by Gasteiger charge is 2.16. The van der Waals surface area contributed by atoms with Crippen LogP contribution in [0.2, 0.25) is 0 Å². The van der Waals surface area contributed by atoms with Crippen molar-refractivity contribution in [2.45, 2.75) is 13.5 Å². The quantitative estimate of drug-likeness (QED) is 0.362. The van der Waals surface area contributed by atoms with Gasteiger partial charge >= 0.3 is 5.97 Å². The van der Waals surface area contributed by atoms with Crippen molar-refractivity contribution >= 4 is 18.4 Å². The number of rotatable bonds is 8. The van der Waals surface area contributed by atoms with E-state index in [-0.39, 0.29) is 43.6 Å². The normalized spacial score (nSPS) is 10.6. The van der Waals surface area contributed by atoms with Gasteiger partial charge in [0.25, 0.3) is 0 Å². The molecule has 0 spiro atoms. The number of pyridine rings is 1. The molecule has 0 atom stereocenters. The van der Waals surface area contributed by atoms with Crippen molar-refractivity contribution in [2.75, 3.05) is 19.8 Å². The molecule has 120 valence electrons. The maximum absolute atomic E-state index is 11.7. The molecule has 1 rings (SSSR count). The van der Waals surface area contributed by atoms with Crippen LogP contribution in [0.5, 0.6) is 0 Å². The monoisotopic (exact) mass is 326 g/mol. The number of nitrogens with zero attached hydrogens (tertiary/aromatic N) is 2. The van der Waals surface area contributed by atoms with E-state index in [1.807, 2.05) is 12.1 Å². The highest BCUT2D eigenvalue weighted by Crippen LogP contribution is 2.03. The number of aromatic nitrogens is 1. The van der Waals surface area contributed by atoms with Crippen LogP contribution in [0.3, 0.4) is 0 Å². The summed E-state index contributed by atoms with van der Waals surface area (Å²) in [5, 5.41) is 23.8. The topological polar surface area (TPSA) is 107 Å². The van der Waals surface area contributed by atoms with E-state index in [1.165, 1.54) is 0 Å². The van der Waals surface area contributed by atoms with E-state index in [1.54, 1.807) is 25.4 Å². The molecule has 0 unspecified atom stereocenters. The molecule has 0 radical (unpaired) electrons. The molecule has 0 saturated carbocycles. The molecule has 1 heterocycles. The summed E-state index contributed by atoms with van der Waals surface area (Å²) in [4.78, 5) is 15.7. The first kappa shape index (κ1) is 19.7. The van der Waals surface area contributed by atoms with E-state index in [4.69, 9.17) is 15.1 Å². The lowest BCUT2D eigenvalue weighted by Crippen LogP contribution is -2.31. The van der Waals surface area contributed by atoms with Gasteiger partial charge in [0.15, 0.2) is 5.57 Å². The summed E-state index contributed by atoms with van der Waals surface area (Å²) in [5.41, 5.74) is 0.733. The van der Waals surface area contributed by atoms with Gasteiger partial charge in [-0.3, -0.25) is 4.98 Å². The van der Waals surface area contributed by atoms with Gasteiger partial charge in [-0.2, -0.15) is 5.26 Å². The fourth-order valence-electron chi connectivity index (χ4n) is 1.52. The molecule has 0 fully saturated rings. The standard InChI is InChI=1S/C14H18N4O3.ClH/c1-2-21-14(20)12(8-15)13(17-6-7-19)18-10-11-4-3-5-16-9-11;/h3-5,9,17-19H,2,6-7,10H2,1H3;1H/b13-12-;. The van der Waals surface area contributed by atoms with Gasteiger partial charge in [-0.25, -0.2) is 4.79 Å². The zero-order valence-electron chi connectivity index (χ0n) is 12.2. The first-order valence-corrected chi connectivity index (χ1v) is 6.51. The molecule has 0 aliphatic heterocycles. The van der Waals surface area contributed by atoms with Crippen molar-refractivity contribution in [3.8, 4) is 6.07 Å². The molecule has 1 aromatic rings. The summed E-state index contributed by atoms with van der Waals surface area (Å²) in [6, 6.07) is 5.47. The number of ether oxygens (including phenoxy) is 1. The Morgan fingerprint density at radius 2 is 2.27 bits per heavy atom. The summed E-state index contributed by atoms with van der Waals surface area (Å²) in [6.45, 7) is 2.31. The second kappa shape index (κ2) is 11.4. The van der Waals surface area contributed by atoms with E-state index in [2.05, 4.69) is 15.6 Å². The van der Waals surface area contributed by atoms with Gasteiger partial charge in [-0.05, 0) is 18.6 Å². The minimum atomic E-state index is -0.709. The van der Waals surface area contributed by atoms with Crippen LogP contribution in [0.15, 0.2) is 35.9 Å². The molecule has 22 heavy (non-hydrogen) atoms. The number of hydrogen-bond donors (Lipinski definition) is 3. The molecule has 0 saturated heterocycles. The van der Waals surface area contributed by atoms with Gasteiger partial charge in [-0.1, -0.05) is 6.07 Å². The second-order valence-corrected chi connectivity index (χ2v) is 3.95. The zero-order valence-corrected chi connectivity index (χ0v) is 13.0. The lowest BCUT2D eigenvalue weighted by molar-refractivity contribution is -0.138. The Morgan fingerprint density at radius 1 is 1.50 bits per heavy atom. The van der Waals surface area contributed by atoms with Crippen LogP contribution in [-0.2, 0) is 16.1 Å². The van der Waals surface area contributed by atoms with Crippen LogP contribution in [0, 0.1) is 11.3 Å². The van der Waals surface area contributed by atoms with Gasteiger partial charge in [0, 0.05) is 25.5 Å². The number of aliphatic hydroxyl groups is 1. The molecule has 0 amide bonds. The number of hydrogen-bond acceptors (Lipinski definition) is 7. The van der Waals surface area contributed by atoms with Crippen molar-refractivity contribution in [2.24, 2.45) is 0 Å². The zero-order chi connectivity index (χ0) is 15.5. The minimum absolute atomic E-state index is 0. The molecule has 0 aliphatic rings. The van der Waals surface area contributed by atoms with E-state index in [0.29, 0.717) is 6.54 Å². The predicted molar refractivity (Wildman–Crippen MR) is 82.7 cm³/mol. The third kappa shape index (κ3) is 6.43. The fraction of sp³-hybridized carbons (Fsp3) is 0.357. The molecular weight excluding hydrogens is 308 g/mol. The number of carbonyl (C=O) groups is 1. The number of nitrogens with one attached hydrogen (secondary N) is 2. The van der Waals surface area contributed by atoms with Crippen LogP contribution in [-0.4, -0.2) is 35.8 Å². The van der Waals surface area contributed by atoms with Crippen LogP contribution in [0.4, 0.5) is 0 Å². The lowest BCUT2D eigenvalue weighted by Gasteiger charge is -2.14. The second-order valence-electron chi connectivity index (χ2n) is 3.95. The SMILES string of the molecule is CCOC(=O)/C(C#N)=C(/NCCO)NCc1cccnc1.Cl. The molecule has 3 N–H and O–H groups in total. The third-order valence-corrected chi connectivity index (χ3v) is 2.45. The molecule has 7 nitrogen and oxygen atoms in total. The Bertz CT molecular complexity index is 529. The molecular formula is C14H19ClN4O3. The number of aliphatic hydroxyl groups excluding tert-OH is 1. The van der Waals surface area contributed by atoms with Gasteiger partial charge in [-0.15, -0.1) is 12.4 Å². The molecule has 0 aliphatic carbocycles. The molecule has 0 aromatic carbocycles. The maximum atomic E-state index is 11.7. The van der Waals surface area contributed by atoms with E-state index in [9.17, 15) is 4.79 Å². The van der Waals surface area contributed by atoms with Gasteiger partial charge in [0.1, 0.15) is 11.9 Å². The van der Waals surface area contributed by atoms with Crippen LogP contribution < -0.4 is 10.6 Å². The highest BCUT2D eigenvalue weighted by atomic mass is 35.5. The van der Waals surface area contributed by atoms with Crippen LogP contribution in [0.1, 0.15) is 12.5 Å². The largest absolute Gasteiger partial charge is 0.462 e. The molecule has 8 heteroatoms. The average molecular weight is 327 g/mol. The van der Waals surface area contributed by atoms with Crippen LogP contribution in [0.25, 0.3) is 0 Å². The Balaban J connectivity index is 0.00000441. The third-order valence-electron chi connectivity index (χ3n) is 2.45. The van der Waals surface area contributed by atoms with E-state index in [0.717, 1.165) is 5.56 Å². The summed E-state index contributed by atoms with van der Waals surface area (Å²) in [6.07, 6.45) is 3.33. The Hall–Kier alpha value is -2.30. The Kier molecular flexibility index (Phi) is 10.2. The summed E-state index contributed by atoms with van der Waals surface area (Å²) < 4.78 is 4.83. The average Bonchev–Trinajstić information content (AvgIpc) is 2.51. The highest BCUT2D eigenvalue weighted by molar-refractivity contribution is 5.93. The van der Waals surface area contributed by atoms with Crippen molar-refractivity contribution in [3.63, 3.8) is 0 Å². The number of nitriles is 1. The van der Waals surface area contributed by atoms with Crippen LogP contribution >= 0.6 is 12.4 Å². The maximum Gasteiger partial charge on any atom is 0.352 e. The summed E-state index contributed by atoms with van der Waals surface area (Å²) >= 11 is 0. The fourth-order valence-corrected chi connectivity index (χ4v) is 1.52. The summed E-state index contributed by atoms with van der Waals surface area (Å²) in [5.74, 6) is -0.479. The molecule has 1 aromatic heterocycles. The van der Waals surface area contributed by atoms with E-state index < -0.39 is 5.97 Å². The van der Waals surface area contributed by atoms with Gasteiger partial charge in [0.05, 0.1) is 13.2 Å². The predicted octanol–water partition coefficient (Wildman–Crippen LogP) is 0.473. The van der Waals surface area contributed by atoms with Gasteiger partial charge in [0.2, 0.25) is 0 Å². The summed E-state index contributed by atoms with van der Waals surface area (Å²) in [7, 11) is 0. The Labute approximate surface area is 135 Å². The van der Waals surface area contributed by atoms with E-state index >= 15 is 0 Å². The Morgan fingerprint density at radius 3 is 2.82 bits per heavy atom. The van der Waals surface area contributed by atoms with Crippen molar-refractivity contribution in [1.82, 2.24) is 15.6 Å². The smallest absolute Gasteiger partial charge is 0.352 e. The molecule has 0 bridgehead atoms.